The van der Waals surface area contributed by atoms with Gasteiger partial charge in [0, 0.05) is 15.7 Å². The Morgan fingerprint density at radius 3 is 2.19 bits per heavy atom. The topological polar surface area (TPSA) is 92.8 Å². The van der Waals surface area contributed by atoms with E-state index in [9.17, 15) is 18.0 Å². The Hall–Kier alpha value is -3.07. The summed E-state index contributed by atoms with van der Waals surface area (Å²) < 4.78 is 32.2. The summed E-state index contributed by atoms with van der Waals surface area (Å²) in [5.74, 6) is -1.10. The number of sulfonamides is 1. The fraction of sp³-hybridized carbons (Fsp3) is 0.0909. The standard InChI is InChI=1S/C22H18Cl2N2O5S/c1-31-22(28)15-5-9-18(10-6-15)25-21(27)14-26(19-4-2-3-17(24)13-19)32(29,30)20-11-7-16(23)8-12-20/h2-13H,14H2,1H3,(H,25,27). The Kier molecular flexibility index (Phi) is 7.40. The fourth-order valence-electron chi connectivity index (χ4n) is 2.82. The summed E-state index contributed by atoms with van der Waals surface area (Å²) >= 11 is 11.9. The lowest BCUT2D eigenvalue weighted by atomic mass is 10.2. The highest BCUT2D eigenvalue weighted by molar-refractivity contribution is 7.92. The van der Waals surface area contributed by atoms with Crippen LogP contribution in [0.25, 0.3) is 0 Å². The van der Waals surface area contributed by atoms with Gasteiger partial charge in [0.15, 0.2) is 0 Å². The van der Waals surface area contributed by atoms with E-state index in [1.807, 2.05) is 0 Å². The second kappa shape index (κ2) is 10.0. The predicted octanol–water partition coefficient (Wildman–Crippen LogP) is 4.61. The molecule has 3 rings (SSSR count). The van der Waals surface area contributed by atoms with Crippen LogP contribution in [0.2, 0.25) is 10.0 Å². The van der Waals surface area contributed by atoms with Gasteiger partial charge in [0.25, 0.3) is 10.0 Å². The summed E-state index contributed by atoms with van der Waals surface area (Å²) in [6, 6.07) is 17.8. The SMILES string of the molecule is COC(=O)c1ccc(NC(=O)CN(c2cccc(Cl)c2)S(=O)(=O)c2ccc(Cl)cc2)cc1. The summed E-state index contributed by atoms with van der Waals surface area (Å²) in [5, 5.41) is 3.32. The molecule has 0 aliphatic heterocycles. The van der Waals surface area contributed by atoms with Crippen LogP contribution in [0.5, 0.6) is 0 Å². The highest BCUT2D eigenvalue weighted by atomic mass is 35.5. The molecule has 1 amide bonds. The molecule has 0 saturated heterocycles. The Balaban J connectivity index is 1.88. The molecule has 10 heteroatoms. The van der Waals surface area contributed by atoms with Crippen molar-refractivity contribution in [2.75, 3.05) is 23.3 Å². The van der Waals surface area contributed by atoms with Gasteiger partial charge in [-0.3, -0.25) is 9.10 Å². The molecule has 0 fully saturated rings. The number of hydrogen-bond donors (Lipinski definition) is 1. The Bertz CT molecular complexity index is 1230. The molecule has 0 saturated carbocycles. The largest absolute Gasteiger partial charge is 0.465 e. The van der Waals surface area contributed by atoms with Gasteiger partial charge in [0.1, 0.15) is 6.54 Å². The zero-order valence-electron chi connectivity index (χ0n) is 16.8. The molecule has 0 aliphatic carbocycles. The van der Waals surface area contributed by atoms with E-state index in [1.165, 1.54) is 67.8 Å². The lowest BCUT2D eigenvalue weighted by Gasteiger charge is -2.24. The van der Waals surface area contributed by atoms with Crippen molar-refractivity contribution in [3.8, 4) is 0 Å². The molecule has 0 radical (unpaired) electrons. The molecule has 166 valence electrons. The molecule has 0 atom stereocenters. The number of hydrogen-bond acceptors (Lipinski definition) is 5. The monoisotopic (exact) mass is 492 g/mol. The van der Waals surface area contributed by atoms with Crippen molar-refractivity contribution in [3.05, 3.63) is 88.4 Å². The van der Waals surface area contributed by atoms with E-state index in [2.05, 4.69) is 10.1 Å². The zero-order chi connectivity index (χ0) is 23.3. The molecule has 0 spiro atoms. The number of methoxy groups -OCH3 is 1. The summed E-state index contributed by atoms with van der Waals surface area (Å²) in [4.78, 5) is 24.2. The third kappa shape index (κ3) is 5.59. The van der Waals surface area contributed by atoms with E-state index >= 15 is 0 Å². The number of halogens is 2. The van der Waals surface area contributed by atoms with Crippen LogP contribution in [0.1, 0.15) is 10.4 Å². The number of carbonyl (C=O) groups excluding carboxylic acids is 2. The van der Waals surface area contributed by atoms with Crippen molar-refractivity contribution < 1.29 is 22.7 Å². The smallest absolute Gasteiger partial charge is 0.337 e. The molecule has 0 bridgehead atoms. The summed E-state index contributed by atoms with van der Waals surface area (Å²) in [5.41, 5.74) is 0.928. The van der Waals surface area contributed by atoms with E-state index in [0.29, 0.717) is 21.3 Å². The van der Waals surface area contributed by atoms with E-state index in [-0.39, 0.29) is 10.6 Å². The first-order chi connectivity index (χ1) is 15.2. The van der Waals surface area contributed by atoms with Crippen molar-refractivity contribution in [2.24, 2.45) is 0 Å². The van der Waals surface area contributed by atoms with Gasteiger partial charge in [0.05, 0.1) is 23.3 Å². The normalized spacial score (nSPS) is 11.0. The van der Waals surface area contributed by atoms with E-state index in [1.54, 1.807) is 12.1 Å². The molecule has 0 unspecified atom stereocenters. The van der Waals surface area contributed by atoms with E-state index in [0.717, 1.165) is 4.31 Å². The van der Waals surface area contributed by atoms with Crippen LogP contribution in [0, 0.1) is 0 Å². The highest BCUT2D eigenvalue weighted by Crippen LogP contribution is 2.27. The molecule has 32 heavy (non-hydrogen) atoms. The minimum Gasteiger partial charge on any atom is -0.465 e. The van der Waals surface area contributed by atoms with Crippen molar-refractivity contribution >= 4 is 56.5 Å². The number of nitrogens with zero attached hydrogens (tertiary/aromatic N) is 1. The van der Waals surface area contributed by atoms with Crippen molar-refractivity contribution in [2.45, 2.75) is 4.90 Å². The molecular weight excluding hydrogens is 475 g/mol. The lowest BCUT2D eigenvalue weighted by molar-refractivity contribution is -0.114. The lowest BCUT2D eigenvalue weighted by Crippen LogP contribution is -2.38. The average molecular weight is 493 g/mol. The number of rotatable bonds is 7. The maximum Gasteiger partial charge on any atom is 0.337 e. The Morgan fingerprint density at radius 2 is 1.59 bits per heavy atom. The van der Waals surface area contributed by atoms with Gasteiger partial charge in [-0.15, -0.1) is 0 Å². The van der Waals surface area contributed by atoms with Crippen LogP contribution in [0.3, 0.4) is 0 Å². The maximum atomic E-state index is 13.3. The number of anilines is 2. The second-order valence-electron chi connectivity index (χ2n) is 6.56. The third-order valence-electron chi connectivity index (χ3n) is 4.37. The number of esters is 1. The second-order valence-corrected chi connectivity index (χ2v) is 9.30. The van der Waals surface area contributed by atoms with Crippen LogP contribution in [0.4, 0.5) is 11.4 Å². The average Bonchev–Trinajstić information content (AvgIpc) is 2.77. The number of ether oxygens (including phenoxy) is 1. The Labute approximate surface area is 195 Å². The van der Waals surface area contributed by atoms with Crippen molar-refractivity contribution in [3.63, 3.8) is 0 Å². The minimum atomic E-state index is -4.10. The summed E-state index contributed by atoms with van der Waals surface area (Å²) in [6.45, 7) is -0.510. The van der Waals surface area contributed by atoms with Gasteiger partial charge >= 0.3 is 5.97 Å². The van der Waals surface area contributed by atoms with Crippen molar-refractivity contribution in [1.29, 1.82) is 0 Å². The summed E-state index contributed by atoms with van der Waals surface area (Å²) in [6.07, 6.45) is 0. The van der Waals surface area contributed by atoms with E-state index < -0.39 is 28.4 Å². The van der Waals surface area contributed by atoms with Crippen LogP contribution in [-0.2, 0) is 19.6 Å². The van der Waals surface area contributed by atoms with Crippen LogP contribution in [-0.4, -0.2) is 33.9 Å². The molecular formula is C22H18Cl2N2O5S. The van der Waals surface area contributed by atoms with Gasteiger partial charge in [-0.2, -0.15) is 0 Å². The molecule has 0 aliphatic rings. The van der Waals surface area contributed by atoms with Gasteiger partial charge in [-0.1, -0.05) is 29.3 Å². The predicted molar refractivity (Wildman–Crippen MR) is 124 cm³/mol. The fourth-order valence-corrected chi connectivity index (χ4v) is 4.54. The van der Waals surface area contributed by atoms with Crippen LogP contribution < -0.4 is 9.62 Å². The zero-order valence-corrected chi connectivity index (χ0v) is 19.1. The van der Waals surface area contributed by atoms with Gasteiger partial charge in [-0.25, -0.2) is 13.2 Å². The first-order valence-corrected chi connectivity index (χ1v) is 11.4. The quantitative estimate of drug-likeness (QED) is 0.485. The van der Waals surface area contributed by atoms with E-state index in [4.69, 9.17) is 23.2 Å². The number of benzene rings is 3. The first kappa shape index (κ1) is 23.6. The highest BCUT2D eigenvalue weighted by Gasteiger charge is 2.27. The maximum absolute atomic E-state index is 13.3. The molecule has 0 heterocycles. The molecule has 0 aromatic heterocycles. The number of amides is 1. The first-order valence-electron chi connectivity index (χ1n) is 9.23. The summed E-state index contributed by atoms with van der Waals surface area (Å²) in [7, 11) is -2.83. The van der Waals surface area contributed by atoms with Crippen molar-refractivity contribution in [1.82, 2.24) is 0 Å². The third-order valence-corrected chi connectivity index (χ3v) is 6.65. The molecule has 1 N–H and O–H groups in total. The molecule has 7 nitrogen and oxygen atoms in total. The van der Waals surface area contributed by atoms with Gasteiger partial charge < -0.3 is 10.1 Å². The number of carbonyl (C=O) groups is 2. The Morgan fingerprint density at radius 1 is 0.938 bits per heavy atom. The molecule has 3 aromatic carbocycles. The van der Waals surface area contributed by atoms with Gasteiger partial charge in [0.2, 0.25) is 5.91 Å². The number of nitrogens with one attached hydrogen (secondary N) is 1. The van der Waals surface area contributed by atoms with Crippen LogP contribution >= 0.6 is 23.2 Å². The van der Waals surface area contributed by atoms with Gasteiger partial charge in [-0.05, 0) is 66.7 Å². The van der Waals surface area contributed by atoms with Crippen LogP contribution in [0.15, 0.2) is 77.7 Å². The molecule has 3 aromatic rings. The minimum absolute atomic E-state index is 0.0305.